The Kier molecular flexibility index (Phi) is 4.65. The number of nitrogens with zero attached hydrogens (tertiary/aromatic N) is 1. The summed E-state index contributed by atoms with van der Waals surface area (Å²) >= 11 is 5.84. The van der Waals surface area contributed by atoms with Crippen molar-refractivity contribution in [2.75, 3.05) is 0 Å². The first-order valence-corrected chi connectivity index (χ1v) is 7.01. The maximum absolute atomic E-state index is 11.2. The van der Waals surface area contributed by atoms with E-state index in [-0.39, 0.29) is 6.54 Å². The third-order valence-corrected chi connectivity index (χ3v) is 3.74. The van der Waals surface area contributed by atoms with Crippen LogP contribution in [0.2, 0.25) is 5.02 Å². The molecule has 6 heteroatoms. The van der Waals surface area contributed by atoms with E-state index in [4.69, 9.17) is 16.0 Å². The number of aliphatic carboxylic acids is 1. The van der Waals surface area contributed by atoms with E-state index in [2.05, 4.69) is 10.3 Å². The molecule has 0 bridgehead atoms. The Morgan fingerprint density at radius 1 is 1.43 bits per heavy atom. The minimum Gasteiger partial charge on any atom is -0.480 e. The second-order valence-corrected chi connectivity index (χ2v) is 5.41. The van der Waals surface area contributed by atoms with E-state index in [1.54, 1.807) is 25.3 Å². The first-order valence-electron chi connectivity index (χ1n) is 6.63. The number of aromatic nitrogens is 1. The molecule has 0 saturated carbocycles. The third-order valence-electron chi connectivity index (χ3n) is 3.49. The van der Waals surface area contributed by atoms with Crippen molar-refractivity contribution in [1.29, 1.82) is 0 Å². The number of hydrogen-bond donors (Lipinski definition) is 2. The second kappa shape index (κ2) is 6.28. The Morgan fingerprint density at radius 3 is 2.67 bits per heavy atom. The largest absolute Gasteiger partial charge is 0.480 e. The average molecular weight is 309 g/mol. The van der Waals surface area contributed by atoms with Crippen molar-refractivity contribution in [1.82, 2.24) is 10.3 Å². The lowest BCUT2D eigenvalue weighted by Gasteiger charge is -2.23. The van der Waals surface area contributed by atoms with Crippen LogP contribution < -0.4 is 5.32 Å². The van der Waals surface area contributed by atoms with Gasteiger partial charge in [0.05, 0.1) is 12.7 Å². The normalized spacial score (nSPS) is 13.9. The summed E-state index contributed by atoms with van der Waals surface area (Å²) in [7, 11) is 0. The maximum atomic E-state index is 11.2. The van der Waals surface area contributed by atoms with Crippen LogP contribution in [0.4, 0.5) is 0 Å². The summed E-state index contributed by atoms with van der Waals surface area (Å²) in [6, 6.07) is 7.23. The monoisotopic (exact) mass is 308 g/mol. The van der Waals surface area contributed by atoms with Crippen LogP contribution >= 0.6 is 11.6 Å². The van der Waals surface area contributed by atoms with Gasteiger partial charge in [0.2, 0.25) is 5.89 Å². The molecule has 1 aromatic heterocycles. The van der Waals surface area contributed by atoms with Crippen molar-refractivity contribution < 1.29 is 14.3 Å². The van der Waals surface area contributed by atoms with E-state index in [0.717, 1.165) is 5.56 Å². The quantitative estimate of drug-likeness (QED) is 0.856. The molecule has 1 aromatic carbocycles. The van der Waals surface area contributed by atoms with E-state index >= 15 is 0 Å². The molecule has 2 N–H and O–H groups in total. The predicted octanol–water partition coefficient (Wildman–Crippen LogP) is 3.34. The molecule has 1 atom stereocenters. The summed E-state index contributed by atoms with van der Waals surface area (Å²) in [5, 5.41) is 12.8. The fraction of sp³-hybridized carbons (Fsp3) is 0.333. The Labute approximate surface area is 128 Å². The zero-order chi connectivity index (χ0) is 15.5. The van der Waals surface area contributed by atoms with Gasteiger partial charge in [-0.2, -0.15) is 0 Å². The number of halogens is 1. The number of oxazole rings is 1. The van der Waals surface area contributed by atoms with Crippen LogP contribution in [-0.2, 0) is 11.3 Å². The molecule has 0 aliphatic carbocycles. The molecule has 5 nitrogen and oxygen atoms in total. The zero-order valence-electron chi connectivity index (χ0n) is 11.9. The van der Waals surface area contributed by atoms with Gasteiger partial charge >= 0.3 is 5.97 Å². The molecule has 21 heavy (non-hydrogen) atoms. The van der Waals surface area contributed by atoms with Gasteiger partial charge in [0, 0.05) is 10.6 Å². The molecule has 0 spiro atoms. The van der Waals surface area contributed by atoms with Crippen molar-refractivity contribution in [2.24, 2.45) is 0 Å². The van der Waals surface area contributed by atoms with Crippen LogP contribution in [0, 0.1) is 0 Å². The summed E-state index contributed by atoms with van der Waals surface area (Å²) in [5.41, 5.74) is -0.121. The fourth-order valence-corrected chi connectivity index (χ4v) is 1.89. The van der Waals surface area contributed by atoms with Gasteiger partial charge in [0.15, 0.2) is 5.76 Å². The van der Waals surface area contributed by atoms with Crippen molar-refractivity contribution in [3.8, 4) is 11.3 Å². The molecule has 0 amide bonds. The minimum atomic E-state index is -0.991. The number of benzene rings is 1. The van der Waals surface area contributed by atoms with Crippen LogP contribution in [0.5, 0.6) is 0 Å². The van der Waals surface area contributed by atoms with Crippen molar-refractivity contribution in [2.45, 2.75) is 32.4 Å². The molecule has 0 aliphatic heterocycles. The van der Waals surface area contributed by atoms with Gasteiger partial charge < -0.3 is 9.52 Å². The molecule has 2 rings (SSSR count). The van der Waals surface area contributed by atoms with Crippen molar-refractivity contribution >= 4 is 17.6 Å². The molecule has 112 valence electrons. The highest BCUT2D eigenvalue weighted by Crippen LogP contribution is 2.22. The van der Waals surface area contributed by atoms with E-state index < -0.39 is 11.5 Å². The van der Waals surface area contributed by atoms with E-state index in [9.17, 15) is 9.90 Å². The minimum absolute atomic E-state index is 0.254. The predicted molar refractivity (Wildman–Crippen MR) is 80.1 cm³/mol. The highest BCUT2D eigenvalue weighted by Gasteiger charge is 2.30. The third kappa shape index (κ3) is 3.62. The molecule has 1 unspecified atom stereocenters. The molecule has 0 saturated heterocycles. The molecular weight excluding hydrogens is 292 g/mol. The highest BCUT2D eigenvalue weighted by molar-refractivity contribution is 6.30. The number of nitrogens with one attached hydrogen (secondary N) is 1. The Bertz CT molecular complexity index is 624. The average Bonchev–Trinajstić information content (AvgIpc) is 2.94. The SMILES string of the molecule is CCC(C)(NCc1ncc(-c2ccc(Cl)cc2)o1)C(=O)O. The molecule has 1 heterocycles. The van der Waals surface area contributed by atoms with Crippen molar-refractivity contribution in [3.05, 3.63) is 41.4 Å². The van der Waals surface area contributed by atoms with Crippen LogP contribution in [0.15, 0.2) is 34.9 Å². The maximum Gasteiger partial charge on any atom is 0.323 e. The van der Waals surface area contributed by atoms with E-state index in [0.29, 0.717) is 23.1 Å². The Morgan fingerprint density at radius 2 is 2.10 bits per heavy atom. The number of rotatable bonds is 6. The number of carboxylic acids is 1. The number of carboxylic acid groups (broad SMARTS) is 1. The summed E-state index contributed by atoms with van der Waals surface area (Å²) < 4.78 is 5.62. The number of carbonyl (C=O) groups is 1. The summed E-state index contributed by atoms with van der Waals surface area (Å²) in [5.74, 6) is 0.173. The first kappa shape index (κ1) is 15.5. The van der Waals surface area contributed by atoms with Gasteiger partial charge in [0.1, 0.15) is 5.54 Å². The van der Waals surface area contributed by atoms with Crippen LogP contribution in [0.25, 0.3) is 11.3 Å². The van der Waals surface area contributed by atoms with Crippen molar-refractivity contribution in [3.63, 3.8) is 0 Å². The van der Waals surface area contributed by atoms with Crippen LogP contribution in [0.1, 0.15) is 26.2 Å². The fourth-order valence-electron chi connectivity index (χ4n) is 1.76. The molecule has 2 aromatic rings. The summed E-state index contributed by atoms with van der Waals surface area (Å²) in [4.78, 5) is 15.4. The molecule has 0 aliphatic rings. The highest BCUT2D eigenvalue weighted by atomic mass is 35.5. The second-order valence-electron chi connectivity index (χ2n) is 4.97. The van der Waals surface area contributed by atoms with Gasteiger partial charge in [-0.05, 0) is 37.6 Å². The zero-order valence-corrected chi connectivity index (χ0v) is 12.6. The van der Waals surface area contributed by atoms with Gasteiger partial charge in [-0.25, -0.2) is 4.98 Å². The Hall–Kier alpha value is -1.85. The topological polar surface area (TPSA) is 75.4 Å². The van der Waals surface area contributed by atoms with Crippen LogP contribution in [-0.4, -0.2) is 21.6 Å². The summed E-state index contributed by atoms with van der Waals surface area (Å²) in [6.07, 6.45) is 2.08. The number of hydrogen-bond acceptors (Lipinski definition) is 4. The summed E-state index contributed by atoms with van der Waals surface area (Å²) in [6.45, 7) is 3.71. The molecule has 0 fully saturated rings. The van der Waals surface area contributed by atoms with Gasteiger partial charge in [0.25, 0.3) is 0 Å². The Balaban J connectivity index is 2.07. The standard InChI is InChI=1S/C15H17ClN2O3/c1-3-15(2,14(19)20)18-9-13-17-8-12(21-13)10-4-6-11(16)7-5-10/h4-8,18H,3,9H2,1-2H3,(H,19,20). The first-order chi connectivity index (χ1) is 9.94. The lowest BCUT2D eigenvalue weighted by atomic mass is 9.99. The molecule has 0 radical (unpaired) electrons. The van der Waals surface area contributed by atoms with Gasteiger partial charge in [-0.15, -0.1) is 0 Å². The lowest BCUT2D eigenvalue weighted by Crippen LogP contribution is -2.48. The smallest absolute Gasteiger partial charge is 0.323 e. The van der Waals surface area contributed by atoms with E-state index in [1.807, 2.05) is 19.1 Å². The molecular formula is C15H17ClN2O3. The van der Waals surface area contributed by atoms with E-state index in [1.165, 1.54) is 0 Å². The van der Waals surface area contributed by atoms with Crippen LogP contribution in [0.3, 0.4) is 0 Å². The lowest BCUT2D eigenvalue weighted by molar-refractivity contribution is -0.144. The van der Waals surface area contributed by atoms with Gasteiger partial charge in [-0.1, -0.05) is 18.5 Å². The van der Waals surface area contributed by atoms with Gasteiger partial charge in [-0.3, -0.25) is 10.1 Å².